The Kier molecular flexibility index (Phi) is 11.2. The van der Waals surface area contributed by atoms with Crippen LogP contribution in [0.25, 0.3) is 0 Å². The van der Waals surface area contributed by atoms with Gasteiger partial charge in [-0.3, -0.25) is 10.1 Å². The lowest BCUT2D eigenvalue weighted by Gasteiger charge is -2.37. The number of fused-ring (bicyclic) bond motifs is 1. The summed E-state index contributed by atoms with van der Waals surface area (Å²) in [5.41, 5.74) is 6.89. The number of hydrogen-bond acceptors (Lipinski definition) is 7. The third-order valence-corrected chi connectivity index (χ3v) is 8.45. The van der Waals surface area contributed by atoms with Gasteiger partial charge >= 0.3 is 0 Å². The highest BCUT2D eigenvalue weighted by Gasteiger charge is 2.33. The third-order valence-electron chi connectivity index (χ3n) is 8.45. The average Bonchev–Trinajstić information content (AvgIpc) is 2.98. The van der Waals surface area contributed by atoms with Crippen LogP contribution in [0.5, 0.6) is 11.5 Å². The Morgan fingerprint density at radius 2 is 1.72 bits per heavy atom. The van der Waals surface area contributed by atoms with Gasteiger partial charge in [-0.25, -0.2) is 0 Å². The van der Waals surface area contributed by atoms with Crippen molar-refractivity contribution in [1.29, 1.82) is 0 Å². The fraction of sp³-hybridized carbons (Fsp3) is 0.486. The van der Waals surface area contributed by atoms with Crippen molar-refractivity contribution in [2.24, 2.45) is 0 Å². The minimum Gasteiger partial charge on any atom is -0.508 e. The van der Waals surface area contributed by atoms with E-state index in [1.165, 1.54) is 23.3 Å². The van der Waals surface area contributed by atoms with E-state index in [-0.39, 0.29) is 23.6 Å². The van der Waals surface area contributed by atoms with Crippen LogP contribution in [-0.2, 0) is 22.5 Å². The van der Waals surface area contributed by atoms with Crippen molar-refractivity contribution in [3.63, 3.8) is 0 Å². The molecule has 0 unspecified atom stereocenters. The lowest BCUT2D eigenvalue weighted by Crippen LogP contribution is -2.37. The first-order valence-corrected chi connectivity index (χ1v) is 15.2. The van der Waals surface area contributed by atoms with Crippen molar-refractivity contribution in [3.8, 4) is 11.5 Å². The van der Waals surface area contributed by atoms with Crippen LogP contribution in [0.15, 0.2) is 65.3 Å². The number of aryl methyl sites for hydroxylation is 1. The van der Waals surface area contributed by atoms with Crippen molar-refractivity contribution >= 4 is 5.69 Å². The Hall–Kier alpha value is -3.46. The number of nitro groups is 1. The average molecular weight is 592 g/mol. The van der Waals surface area contributed by atoms with Crippen LogP contribution < -0.4 is 4.74 Å². The molecule has 1 fully saturated rings. The van der Waals surface area contributed by atoms with Crippen LogP contribution in [0.3, 0.4) is 0 Å². The molecule has 2 aliphatic heterocycles. The van der Waals surface area contributed by atoms with Gasteiger partial charge in [0.25, 0.3) is 5.69 Å². The Labute approximate surface area is 254 Å². The molecule has 0 aromatic heterocycles. The molecule has 0 radical (unpaired) electrons. The van der Waals surface area contributed by atoms with Gasteiger partial charge in [-0.2, -0.15) is 0 Å². The van der Waals surface area contributed by atoms with Gasteiger partial charge in [-0.15, -0.1) is 0 Å². The second-order valence-corrected chi connectivity index (χ2v) is 12.1. The molecule has 2 aromatic rings. The Balaban J connectivity index is 1.15. The number of phenols is 1. The van der Waals surface area contributed by atoms with Crippen molar-refractivity contribution in [3.05, 3.63) is 97.6 Å². The van der Waals surface area contributed by atoms with Crippen molar-refractivity contribution in [1.82, 2.24) is 0 Å². The Morgan fingerprint density at radius 1 is 1.07 bits per heavy atom. The van der Waals surface area contributed by atoms with Gasteiger partial charge in [0.05, 0.1) is 24.7 Å². The number of hydrogen-bond donors (Lipinski definition) is 2. The summed E-state index contributed by atoms with van der Waals surface area (Å²) in [5, 5.41) is 30.7. The normalized spacial score (nSPS) is 20.9. The van der Waals surface area contributed by atoms with Crippen LogP contribution in [0.4, 0.5) is 5.69 Å². The maximum absolute atomic E-state index is 10.8. The fourth-order valence-electron chi connectivity index (χ4n) is 5.73. The largest absolute Gasteiger partial charge is 0.508 e. The highest BCUT2D eigenvalue weighted by Crippen LogP contribution is 2.42. The molecular weight excluding hydrogens is 546 g/mol. The topological polar surface area (TPSA) is 111 Å². The molecule has 0 saturated carbocycles. The maximum Gasteiger partial charge on any atom is 0.269 e. The van der Waals surface area contributed by atoms with E-state index >= 15 is 0 Å². The van der Waals surface area contributed by atoms with Crippen LogP contribution in [-0.4, -0.2) is 34.0 Å². The summed E-state index contributed by atoms with van der Waals surface area (Å²) in [7, 11) is 0. The summed E-state index contributed by atoms with van der Waals surface area (Å²) in [4.78, 5) is 10.4. The van der Waals surface area contributed by atoms with Gasteiger partial charge in [0.15, 0.2) is 6.29 Å². The number of non-ortho nitro benzene ring substituents is 1. The summed E-state index contributed by atoms with van der Waals surface area (Å²) in [6, 6.07) is 7.98. The van der Waals surface area contributed by atoms with E-state index in [0.717, 1.165) is 79.4 Å². The molecule has 8 heteroatoms. The zero-order chi connectivity index (χ0) is 31.0. The van der Waals surface area contributed by atoms with Crippen LogP contribution >= 0.6 is 0 Å². The van der Waals surface area contributed by atoms with Gasteiger partial charge in [0, 0.05) is 28.8 Å². The smallest absolute Gasteiger partial charge is 0.269 e. The second kappa shape index (κ2) is 14.8. The maximum atomic E-state index is 10.8. The molecule has 1 atom stereocenters. The molecule has 43 heavy (non-hydrogen) atoms. The van der Waals surface area contributed by atoms with Gasteiger partial charge in [0.1, 0.15) is 17.1 Å². The Bertz CT molecular complexity index is 1370. The van der Waals surface area contributed by atoms with Crippen molar-refractivity contribution in [2.75, 3.05) is 13.2 Å². The SMILES string of the molecule is C/C(=C\CC/C(C)=C/CC[C@]1(C)CCc2c(CO)c(O)cc(C)c2O1)CCC=C1COC(c2ccc([N+](=O)[O-])cc2)OC1. The van der Waals surface area contributed by atoms with E-state index in [1.807, 2.05) is 6.92 Å². The zero-order valence-corrected chi connectivity index (χ0v) is 25.9. The number of nitrogens with zero attached hydrogens (tertiary/aromatic N) is 1. The second-order valence-electron chi connectivity index (χ2n) is 12.1. The standard InChI is InChI=1S/C35H45NO7/c1-24(10-6-12-27-22-41-34(42-23-27)28-13-15-29(16-14-28)36(39)40)8-5-9-25(2)11-7-18-35(4)19-17-30-31(21-37)32(38)20-26(3)33(30)43-35/h8,11-16,20,34,37-38H,5-7,9-10,17-19,21-23H2,1-4H3/b24-8+,25-11+,27-12?/t34?,35-/m1/s1. The number of aliphatic hydroxyl groups excluding tert-OH is 1. The Morgan fingerprint density at radius 3 is 2.37 bits per heavy atom. The molecule has 2 aliphatic rings. The summed E-state index contributed by atoms with van der Waals surface area (Å²) >= 11 is 0. The van der Waals surface area contributed by atoms with E-state index in [1.54, 1.807) is 18.2 Å². The molecule has 2 aromatic carbocycles. The zero-order valence-electron chi connectivity index (χ0n) is 25.9. The predicted octanol–water partition coefficient (Wildman–Crippen LogP) is 8.09. The van der Waals surface area contributed by atoms with E-state index < -0.39 is 11.2 Å². The first-order valence-electron chi connectivity index (χ1n) is 15.2. The summed E-state index contributed by atoms with van der Waals surface area (Å²) in [5.74, 6) is 0.971. The lowest BCUT2D eigenvalue weighted by molar-refractivity contribution is -0.384. The van der Waals surface area contributed by atoms with Gasteiger partial charge in [0.2, 0.25) is 0 Å². The summed E-state index contributed by atoms with van der Waals surface area (Å²) < 4.78 is 18.1. The number of nitro benzene ring substituents is 1. The quantitative estimate of drug-likeness (QED) is 0.146. The highest BCUT2D eigenvalue weighted by molar-refractivity contribution is 5.54. The minimum absolute atomic E-state index is 0.0541. The first-order chi connectivity index (χ1) is 20.6. The number of aromatic hydroxyl groups is 1. The first kappa shape index (κ1) is 32.5. The number of ether oxygens (including phenoxy) is 3. The molecule has 232 valence electrons. The van der Waals surface area contributed by atoms with Crippen LogP contribution in [0.1, 0.15) is 94.3 Å². The fourth-order valence-corrected chi connectivity index (χ4v) is 5.73. The molecule has 0 aliphatic carbocycles. The molecule has 2 heterocycles. The number of aliphatic hydroxyl groups is 1. The molecule has 8 nitrogen and oxygen atoms in total. The molecule has 0 spiro atoms. The molecule has 2 N–H and O–H groups in total. The van der Waals surface area contributed by atoms with Crippen molar-refractivity contribution < 1.29 is 29.3 Å². The number of benzene rings is 2. The van der Waals surface area contributed by atoms with Gasteiger partial charge in [-0.1, -0.05) is 29.4 Å². The van der Waals surface area contributed by atoms with Gasteiger partial charge < -0.3 is 24.4 Å². The predicted molar refractivity (Wildman–Crippen MR) is 167 cm³/mol. The van der Waals surface area contributed by atoms with Crippen molar-refractivity contribution in [2.45, 2.75) is 97.6 Å². The van der Waals surface area contributed by atoms with E-state index in [2.05, 4.69) is 39.0 Å². The molecule has 0 bridgehead atoms. The molecule has 0 amide bonds. The third kappa shape index (κ3) is 8.78. The molecule has 4 rings (SSSR count). The minimum atomic E-state index is -0.495. The van der Waals surface area contributed by atoms with E-state index in [9.17, 15) is 20.3 Å². The number of allylic oxidation sites excluding steroid dienone is 5. The lowest BCUT2D eigenvalue weighted by atomic mass is 9.85. The van der Waals surface area contributed by atoms with Crippen LogP contribution in [0, 0.1) is 17.0 Å². The monoisotopic (exact) mass is 591 g/mol. The van der Waals surface area contributed by atoms with E-state index in [0.29, 0.717) is 18.8 Å². The van der Waals surface area contributed by atoms with Gasteiger partial charge in [-0.05, 0) is 108 Å². The molecular formula is C35H45NO7. The molecule has 1 saturated heterocycles. The summed E-state index contributed by atoms with van der Waals surface area (Å²) in [6.07, 6.45) is 13.8. The van der Waals surface area contributed by atoms with E-state index in [4.69, 9.17) is 14.2 Å². The number of rotatable bonds is 12. The summed E-state index contributed by atoms with van der Waals surface area (Å²) in [6.45, 7) is 9.30. The van der Waals surface area contributed by atoms with Crippen LogP contribution in [0.2, 0.25) is 0 Å². The highest BCUT2D eigenvalue weighted by atomic mass is 16.7.